The summed E-state index contributed by atoms with van der Waals surface area (Å²) in [7, 11) is 0. The van der Waals surface area contributed by atoms with Gasteiger partial charge in [0.05, 0.1) is 11.8 Å². The van der Waals surface area contributed by atoms with Crippen LogP contribution in [0, 0.1) is 11.3 Å². The number of anilines is 1. The summed E-state index contributed by atoms with van der Waals surface area (Å²) < 4.78 is 0. The van der Waals surface area contributed by atoms with Gasteiger partial charge in [0.1, 0.15) is 6.07 Å². The molecule has 4 nitrogen and oxygen atoms in total. The minimum absolute atomic E-state index is 0.527. The highest BCUT2D eigenvalue weighted by Gasteiger charge is 2.01. The van der Waals surface area contributed by atoms with E-state index in [1.807, 2.05) is 6.08 Å². The SMILES string of the molecule is C=CCSCCNc1nnccc1C#N. The van der Waals surface area contributed by atoms with Crippen LogP contribution in [0.5, 0.6) is 0 Å². The van der Waals surface area contributed by atoms with E-state index in [0.717, 1.165) is 18.1 Å². The second kappa shape index (κ2) is 6.85. The Morgan fingerprint density at radius 3 is 3.27 bits per heavy atom. The van der Waals surface area contributed by atoms with Crippen molar-refractivity contribution >= 4 is 17.6 Å². The third kappa shape index (κ3) is 4.00. The topological polar surface area (TPSA) is 61.6 Å². The summed E-state index contributed by atoms with van der Waals surface area (Å²) in [5.41, 5.74) is 0.527. The summed E-state index contributed by atoms with van der Waals surface area (Å²) in [6.07, 6.45) is 3.38. The van der Waals surface area contributed by atoms with Gasteiger partial charge in [-0.2, -0.15) is 22.1 Å². The highest BCUT2D eigenvalue weighted by atomic mass is 32.2. The molecule has 78 valence electrons. The molecule has 5 heteroatoms. The second-order valence-electron chi connectivity index (χ2n) is 2.70. The molecule has 1 aromatic heterocycles. The maximum Gasteiger partial charge on any atom is 0.166 e. The molecular formula is C10H12N4S. The first-order chi connectivity index (χ1) is 7.38. The normalized spacial score (nSPS) is 9.27. The second-order valence-corrected chi connectivity index (χ2v) is 3.85. The zero-order valence-corrected chi connectivity index (χ0v) is 9.13. The van der Waals surface area contributed by atoms with Crippen LogP contribution in [-0.2, 0) is 0 Å². The fourth-order valence-electron chi connectivity index (χ4n) is 0.961. The van der Waals surface area contributed by atoms with E-state index in [0.29, 0.717) is 11.4 Å². The molecule has 0 saturated heterocycles. The monoisotopic (exact) mass is 220 g/mol. The zero-order valence-electron chi connectivity index (χ0n) is 8.31. The van der Waals surface area contributed by atoms with Crippen LogP contribution in [-0.4, -0.2) is 28.2 Å². The summed E-state index contributed by atoms with van der Waals surface area (Å²) in [5, 5.41) is 19.4. The van der Waals surface area contributed by atoms with Crippen LogP contribution in [0.4, 0.5) is 5.82 Å². The third-order valence-corrected chi connectivity index (χ3v) is 2.58. The molecule has 0 saturated carbocycles. The largest absolute Gasteiger partial charge is 0.367 e. The fraction of sp³-hybridized carbons (Fsp3) is 0.300. The lowest BCUT2D eigenvalue weighted by atomic mass is 10.3. The quantitative estimate of drug-likeness (QED) is 0.583. The summed E-state index contributed by atoms with van der Waals surface area (Å²) in [5.74, 6) is 2.44. The van der Waals surface area contributed by atoms with Gasteiger partial charge < -0.3 is 5.32 Å². The molecule has 0 radical (unpaired) electrons. The van der Waals surface area contributed by atoms with Crippen LogP contribution in [0.15, 0.2) is 24.9 Å². The van der Waals surface area contributed by atoms with Crippen LogP contribution < -0.4 is 5.32 Å². The molecule has 1 heterocycles. The maximum absolute atomic E-state index is 8.78. The predicted molar refractivity (Wildman–Crippen MR) is 62.8 cm³/mol. The van der Waals surface area contributed by atoms with E-state index >= 15 is 0 Å². The minimum atomic E-state index is 0.527. The van der Waals surface area contributed by atoms with Gasteiger partial charge in [0, 0.05) is 18.1 Å². The van der Waals surface area contributed by atoms with Gasteiger partial charge in [-0.1, -0.05) is 6.08 Å². The van der Waals surface area contributed by atoms with Crippen molar-refractivity contribution in [1.82, 2.24) is 10.2 Å². The van der Waals surface area contributed by atoms with Crippen LogP contribution in [0.2, 0.25) is 0 Å². The Balaban J connectivity index is 2.37. The number of rotatable bonds is 6. The molecule has 1 aromatic rings. The predicted octanol–water partition coefficient (Wildman–Crippen LogP) is 1.68. The van der Waals surface area contributed by atoms with Gasteiger partial charge >= 0.3 is 0 Å². The van der Waals surface area contributed by atoms with Gasteiger partial charge in [0.2, 0.25) is 0 Å². The van der Waals surface area contributed by atoms with Crippen molar-refractivity contribution in [1.29, 1.82) is 5.26 Å². The summed E-state index contributed by atoms with van der Waals surface area (Å²) >= 11 is 1.77. The first-order valence-electron chi connectivity index (χ1n) is 4.52. The number of nitrogens with zero attached hydrogens (tertiary/aromatic N) is 3. The average Bonchev–Trinajstić information content (AvgIpc) is 2.29. The fourth-order valence-corrected chi connectivity index (χ4v) is 1.54. The Labute approximate surface area is 93.4 Å². The van der Waals surface area contributed by atoms with Gasteiger partial charge in [-0.05, 0) is 6.07 Å². The highest BCUT2D eigenvalue weighted by Crippen LogP contribution is 2.08. The number of thioether (sulfide) groups is 1. The van der Waals surface area contributed by atoms with Crippen LogP contribution in [0.25, 0.3) is 0 Å². The molecule has 0 aliphatic carbocycles. The Kier molecular flexibility index (Phi) is 5.26. The molecule has 0 spiro atoms. The van der Waals surface area contributed by atoms with Gasteiger partial charge in [0.25, 0.3) is 0 Å². The first-order valence-corrected chi connectivity index (χ1v) is 5.68. The lowest BCUT2D eigenvalue weighted by Gasteiger charge is -2.04. The average molecular weight is 220 g/mol. The molecule has 0 amide bonds. The van der Waals surface area contributed by atoms with Crippen molar-refractivity contribution in [3.8, 4) is 6.07 Å². The number of hydrogen-bond acceptors (Lipinski definition) is 5. The van der Waals surface area contributed by atoms with Crippen molar-refractivity contribution in [3.63, 3.8) is 0 Å². The first kappa shape index (κ1) is 11.5. The molecule has 15 heavy (non-hydrogen) atoms. The van der Waals surface area contributed by atoms with E-state index in [4.69, 9.17) is 5.26 Å². The standard InChI is InChI=1S/C10H12N4S/c1-2-6-15-7-5-12-10-9(8-11)3-4-13-14-10/h2-4H,1,5-7H2,(H,12,14). The lowest BCUT2D eigenvalue weighted by Crippen LogP contribution is -2.08. The number of hydrogen-bond donors (Lipinski definition) is 1. The van der Waals surface area contributed by atoms with Gasteiger partial charge in [-0.3, -0.25) is 0 Å². The molecular weight excluding hydrogens is 208 g/mol. The van der Waals surface area contributed by atoms with Crippen molar-refractivity contribution in [2.24, 2.45) is 0 Å². The van der Waals surface area contributed by atoms with E-state index in [9.17, 15) is 0 Å². The lowest BCUT2D eigenvalue weighted by molar-refractivity contribution is 1.01. The Morgan fingerprint density at radius 1 is 1.67 bits per heavy atom. The summed E-state index contributed by atoms with van der Waals surface area (Å²) in [6.45, 7) is 4.41. The third-order valence-electron chi connectivity index (χ3n) is 1.62. The van der Waals surface area contributed by atoms with Crippen molar-refractivity contribution in [2.45, 2.75) is 0 Å². The molecule has 0 bridgehead atoms. The Bertz CT molecular complexity index is 359. The number of nitrogens with one attached hydrogen (secondary N) is 1. The molecule has 1 rings (SSSR count). The molecule has 0 aliphatic heterocycles. The zero-order chi connectivity index (χ0) is 10.9. The van der Waals surface area contributed by atoms with E-state index in [2.05, 4.69) is 28.2 Å². The van der Waals surface area contributed by atoms with Gasteiger partial charge in [0.15, 0.2) is 5.82 Å². The summed E-state index contributed by atoms with van der Waals surface area (Å²) in [4.78, 5) is 0. The maximum atomic E-state index is 8.78. The molecule has 1 N–H and O–H groups in total. The van der Waals surface area contributed by atoms with Crippen LogP contribution >= 0.6 is 11.8 Å². The van der Waals surface area contributed by atoms with Crippen LogP contribution in [0.3, 0.4) is 0 Å². The van der Waals surface area contributed by atoms with Crippen molar-refractivity contribution < 1.29 is 0 Å². The molecule has 0 aromatic carbocycles. The minimum Gasteiger partial charge on any atom is -0.367 e. The smallest absolute Gasteiger partial charge is 0.166 e. The number of nitriles is 1. The van der Waals surface area contributed by atoms with E-state index in [1.165, 1.54) is 6.20 Å². The van der Waals surface area contributed by atoms with Crippen molar-refractivity contribution in [3.05, 3.63) is 30.5 Å². The van der Waals surface area contributed by atoms with E-state index in [-0.39, 0.29) is 0 Å². The van der Waals surface area contributed by atoms with Crippen molar-refractivity contribution in [2.75, 3.05) is 23.4 Å². The van der Waals surface area contributed by atoms with Gasteiger partial charge in [-0.25, -0.2) is 0 Å². The van der Waals surface area contributed by atoms with Gasteiger partial charge in [-0.15, -0.1) is 11.7 Å². The van der Waals surface area contributed by atoms with E-state index in [1.54, 1.807) is 17.8 Å². The molecule has 0 unspecified atom stereocenters. The Hall–Kier alpha value is -1.54. The van der Waals surface area contributed by atoms with Crippen LogP contribution in [0.1, 0.15) is 5.56 Å². The molecule has 0 fully saturated rings. The molecule has 0 atom stereocenters. The number of aromatic nitrogens is 2. The van der Waals surface area contributed by atoms with E-state index < -0.39 is 0 Å². The Morgan fingerprint density at radius 2 is 2.53 bits per heavy atom. The summed E-state index contributed by atoms with van der Waals surface area (Å²) in [6, 6.07) is 3.70. The highest BCUT2D eigenvalue weighted by molar-refractivity contribution is 7.99. The molecule has 0 aliphatic rings.